The van der Waals surface area contributed by atoms with Gasteiger partial charge in [0.2, 0.25) is 5.91 Å². The summed E-state index contributed by atoms with van der Waals surface area (Å²) >= 11 is 0. The Balaban J connectivity index is 1.87. The van der Waals surface area contributed by atoms with E-state index in [9.17, 15) is 4.79 Å². The standard InChI is InChI=1S/C19H24N2O/c1-4-16-7-5-6-15(3)19(16)21-18(22)12-13-20-17-10-8-14(2)9-11-17/h5-11,20H,4,12-13H2,1-3H3,(H,21,22). The Kier molecular flexibility index (Phi) is 5.59. The lowest BCUT2D eigenvalue weighted by atomic mass is 10.1. The predicted octanol–water partition coefficient (Wildman–Crippen LogP) is 4.31. The van der Waals surface area contributed by atoms with Gasteiger partial charge < -0.3 is 10.6 Å². The molecule has 0 heterocycles. The van der Waals surface area contributed by atoms with E-state index in [1.165, 1.54) is 11.1 Å². The van der Waals surface area contributed by atoms with Crippen LogP contribution in [-0.2, 0) is 11.2 Å². The molecule has 0 saturated heterocycles. The van der Waals surface area contributed by atoms with Crippen LogP contribution >= 0.6 is 0 Å². The van der Waals surface area contributed by atoms with Crippen molar-refractivity contribution in [2.45, 2.75) is 33.6 Å². The first-order valence-electron chi connectivity index (χ1n) is 7.79. The minimum Gasteiger partial charge on any atom is -0.385 e. The van der Waals surface area contributed by atoms with Gasteiger partial charge in [-0.15, -0.1) is 0 Å². The number of carbonyl (C=O) groups is 1. The second-order valence-corrected chi connectivity index (χ2v) is 5.55. The summed E-state index contributed by atoms with van der Waals surface area (Å²) in [4.78, 5) is 12.1. The van der Waals surface area contributed by atoms with Crippen LogP contribution in [0.2, 0.25) is 0 Å². The van der Waals surface area contributed by atoms with E-state index in [0.29, 0.717) is 13.0 Å². The summed E-state index contributed by atoms with van der Waals surface area (Å²) in [6, 6.07) is 14.3. The van der Waals surface area contributed by atoms with E-state index < -0.39 is 0 Å². The highest BCUT2D eigenvalue weighted by Gasteiger charge is 2.08. The molecule has 0 aliphatic carbocycles. The number of hydrogen-bond donors (Lipinski definition) is 2. The third kappa shape index (κ3) is 4.35. The zero-order valence-electron chi connectivity index (χ0n) is 13.6. The molecule has 1 amide bonds. The summed E-state index contributed by atoms with van der Waals surface area (Å²) in [5.74, 6) is 0.0450. The summed E-state index contributed by atoms with van der Waals surface area (Å²) < 4.78 is 0. The van der Waals surface area contributed by atoms with Crippen molar-refractivity contribution in [3.63, 3.8) is 0 Å². The van der Waals surface area contributed by atoms with E-state index in [0.717, 1.165) is 23.4 Å². The molecule has 0 atom stereocenters. The predicted molar refractivity (Wildman–Crippen MR) is 93.5 cm³/mol. The zero-order chi connectivity index (χ0) is 15.9. The lowest BCUT2D eigenvalue weighted by molar-refractivity contribution is -0.115. The van der Waals surface area contributed by atoms with E-state index >= 15 is 0 Å². The number of nitrogens with one attached hydrogen (secondary N) is 2. The number of benzene rings is 2. The lowest BCUT2D eigenvalue weighted by Crippen LogP contribution is -2.17. The van der Waals surface area contributed by atoms with Crippen molar-refractivity contribution in [1.29, 1.82) is 0 Å². The van der Waals surface area contributed by atoms with Gasteiger partial charge in [-0.3, -0.25) is 4.79 Å². The number of rotatable bonds is 6. The summed E-state index contributed by atoms with van der Waals surface area (Å²) in [5.41, 5.74) is 5.53. The third-order valence-corrected chi connectivity index (χ3v) is 3.74. The number of para-hydroxylation sites is 1. The fourth-order valence-electron chi connectivity index (χ4n) is 2.40. The van der Waals surface area contributed by atoms with E-state index in [-0.39, 0.29) is 5.91 Å². The third-order valence-electron chi connectivity index (χ3n) is 3.74. The maximum atomic E-state index is 12.1. The van der Waals surface area contributed by atoms with Crippen molar-refractivity contribution < 1.29 is 4.79 Å². The van der Waals surface area contributed by atoms with E-state index in [1.807, 2.05) is 31.2 Å². The van der Waals surface area contributed by atoms with E-state index in [1.54, 1.807) is 0 Å². The van der Waals surface area contributed by atoms with Crippen LogP contribution < -0.4 is 10.6 Å². The molecule has 2 aromatic carbocycles. The summed E-state index contributed by atoms with van der Waals surface area (Å²) in [6.45, 7) is 6.82. The quantitative estimate of drug-likeness (QED) is 0.834. The highest BCUT2D eigenvalue weighted by Crippen LogP contribution is 2.21. The maximum Gasteiger partial charge on any atom is 0.226 e. The number of amides is 1. The van der Waals surface area contributed by atoms with Gasteiger partial charge in [0.05, 0.1) is 0 Å². The molecule has 2 aromatic rings. The van der Waals surface area contributed by atoms with Crippen molar-refractivity contribution in [3.05, 3.63) is 59.2 Å². The SMILES string of the molecule is CCc1cccc(C)c1NC(=O)CCNc1ccc(C)cc1. The molecule has 0 bridgehead atoms. The Bertz CT molecular complexity index is 632. The molecule has 22 heavy (non-hydrogen) atoms. The molecule has 3 nitrogen and oxygen atoms in total. The molecule has 0 aromatic heterocycles. The summed E-state index contributed by atoms with van der Waals surface area (Å²) in [5, 5.41) is 6.32. The van der Waals surface area contributed by atoms with Gasteiger partial charge in [-0.1, -0.05) is 42.8 Å². The van der Waals surface area contributed by atoms with Crippen LogP contribution in [0.5, 0.6) is 0 Å². The molecule has 0 aliphatic heterocycles. The number of hydrogen-bond acceptors (Lipinski definition) is 2. The van der Waals surface area contributed by atoms with Crippen molar-refractivity contribution in [1.82, 2.24) is 0 Å². The molecular formula is C19H24N2O. The van der Waals surface area contributed by atoms with Gasteiger partial charge in [-0.05, 0) is 43.5 Å². The maximum absolute atomic E-state index is 12.1. The van der Waals surface area contributed by atoms with Crippen LogP contribution in [-0.4, -0.2) is 12.5 Å². The van der Waals surface area contributed by atoms with Crippen molar-refractivity contribution in [2.75, 3.05) is 17.2 Å². The van der Waals surface area contributed by atoms with Crippen molar-refractivity contribution in [3.8, 4) is 0 Å². The van der Waals surface area contributed by atoms with Gasteiger partial charge in [-0.2, -0.15) is 0 Å². The van der Waals surface area contributed by atoms with Crippen LogP contribution in [0.15, 0.2) is 42.5 Å². The molecule has 0 saturated carbocycles. The summed E-state index contributed by atoms with van der Waals surface area (Å²) in [6.07, 6.45) is 1.37. The topological polar surface area (TPSA) is 41.1 Å². The fraction of sp³-hybridized carbons (Fsp3) is 0.316. The molecule has 116 valence electrons. The van der Waals surface area contributed by atoms with Crippen LogP contribution in [0.1, 0.15) is 30.0 Å². The second kappa shape index (κ2) is 7.64. The molecule has 0 aliphatic rings. The van der Waals surface area contributed by atoms with E-state index in [2.05, 4.69) is 42.7 Å². The number of aryl methyl sites for hydroxylation is 3. The average Bonchev–Trinajstić information content (AvgIpc) is 2.51. The smallest absolute Gasteiger partial charge is 0.226 e. The largest absolute Gasteiger partial charge is 0.385 e. The minimum atomic E-state index is 0.0450. The Labute approximate surface area is 132 Å². The Hall–Kier alpha value is -2.29. The Morgan fingerprint density at radius 1 is 1.05 bits per heavy atom. The first-order valence-corrected chi connectivity index (χ1v) is 7.79. The Morgan fingerprint density at radius 2 is 1.77 bits per heavy atom. The van der Waals surface area contributed by atoms with Gasteiger partial charge in [0.25, 0.3) is 0 Å². The van der Waals surface area contributed by atoms with Gasteiger partial charge in [0.15, 0.2) is 0 Å². The molecule has 2 N–H and O–H groups in total. The van der Waals surface area contributed by atoms with Crippen LogP contribution in [0.4, 0.5) is 11.4 Å². The Morgan fingerprint density at radius 3 is 2.45 bits per heavy atom. The van der Waals surface area contributed by atoms with Gasteiger partial charge >= 0.3 is 0 Å². The molecular weight excluding hydrogens is 272 g/mol. The van der Waals surface area contributed by atoms with Gasteiger partial charge in [-0.25, -0.2) is 0 Å². The molecule has 0 radical (unpaired) electrons. The highest BCUT2D eigenvalue weighted by molar-refractivity contribution is 5.92. The number of anilines is 2. The van der Waals surface area contributed by atoms with E-state index in [4.69, 9.17) is 0 Å². The molecule has 0 fully saturated rings. The van der Waals surface area contributed by atoms with Crippen LogP contribution in [0.25, 0.3) is 0 Å². The van der Waals surface area contributed by atoms with Gasteiger partial charge in [0, 0.05) is 24.3 Å². The lowest BCUT2D eigenvalue weighted by Gasteiger charge is -2.13. The molecule has 0 spiro atoms. The average molecular weight is 296 g/mol. The van der Waals surface area contributed by atoms with Crippen LogP contribution in [0.3, 0.4) is 0 Å². The molecule has 0 unspecified atom stereocenters. The summed E-state index contributed by atoms with van der Waals surface area (Å²) in [7, 11) is 0. The normalized spacial score (nSPS) is 10.3. The number of carbonyl (C=O) groups excluding carboxylic acids is 1. The first kappa shape index (κ1) is 16.1. The second-order valence-electron chi connectivity index (χ2n) is 5.55. The van der Waals surface area contributed by atoms with Gasteiger partial charge in [0.1, 0.15) is 0 Å². The van der Waals surface area contributed by atoms with Crippen molar-refractivity contribution in [2.24, 2.45) is 0 Å². The highest BCUT2D eigenvalue weighted by atomic mass is 16.1. The van der Waals surface area contributed by atoms with Crippen molar-refractivity contribution >= 4 is 17.3 Å². The monoisotopic (exact) mass is 296 g/mol. The minimum absolute atomic E-state index is 0.0450. The first-order chi connectivity index (χ1) is 10.6. The molecule has 3 heteroatoms. The molecule has 2 rings (SSSR count). The van der Waals surface area contributed by atoms with Crippen LogP contribution in [0, 0.1) is 13.8 Å². The zero-order valence-corrected chi connectivity index (χ0v) is 13.6. The fourth-order valence-corrected chi connectivity index (χ4v) is 2.40.